The third-order valence-electron chi connectivity index (χ3n) is 6.18. The summed E-state index contributed by atoms with van der Waals surface area (Å²) in [5.74, 6) is 0.809. The van der Waals surface area contributed by atoms with Crippen LogP contribution in [0.4, 0.5) is 11.4 Å². The molecule has 2 atom stereocenters. The monoisotopic (exact) mass is 469 g/mol. The van der Waals surface area contributed by atoms with Crippen molar-refractivity contribution < 1.29 is 4.74 Å². The van der Waals surface area contributed by atoms with E-state index in [-0.39, 0.29) is 12.1 Å². The molecule has 1 fully saturated rings. The fraction of sp³-hybridized carbons (Fsp3) is 0.185. The van der Waals surface area contributed by atoms with Crippen LogP contribution < -0.4 is 19.9 Å². The first-order chi connectivity index (χ1) is 16.6. The number of benzene rings is 2. The maximum atomic E-state index is 5.86. The van der Waals surface area contributed by atoms with Crippen LogP contribution in [0.3, 0.4) is 0 Å². The average molecular weight is 470 g/mol. The molecule has 5 rings (SSSR count). The van der Waals surface area contributed by atoms with Crippen molar-refractivity contribution >= 4 is 28.7 Å². The van der Waals surface area contributed by atoms with Gasteiger partial charge < -0.3 is 24.4 Å². The summed E-state index contributed by atoms with van der Waals surface area (Å²) < 4.78 is 7.60. The molecule has 0 radical (unpaired) electrons. The maximum absolute atomic E-state index is 5.86. The number of methoxy groups -OCH3 is 1. The number of hydrogen-bond donors (Lipinski definition) is 1. The molecule has 0 saturated carbocycles. The molecule has 1 saturated heterocycles. The molecule has 1 N–H and O–H groups in total. The largest absolute Gasteiger partial charge is 0.497 e. The lowest BCUT2D eigenvalue weighted by atomic mass is 10.0. The molecular weight excluding hydrogens is 442 g/mol. The predicted molar refractivity (Wildman–Crippen MR) is 141 cm³/mol. The van der Waals surface area contributed by atoms with Crippen molar-refractivity contribution in [2.45, 2.75) is 12.1 Å². The van der Waals surface area contributed by atoms with E-state index in [0.29, 0.717) is 5.11 Å². The molecule has 3 heterocycles. The van der Waals surface area contributed by atoms with Crippen LogP contribution in [-0.4, -0.2) is 35.9 Å². The fourth-order valence-electron chi connectivity index (χ4n) is 4.46. The molecule has 1 aliphatic rings. The molecule has 172 valence electrons. The van der Waals surface area contributed by atoms with Crippen LogP contribution in [0.1, 0.15) is 23.5 Å². The van der Waals surface area contributed by atoms with E-state index in [9.17, 15) is 0 Å². The van der Waals surface area contributed by atoms with Gasteiger partial charge in [-0.1, -0.05) is 6.07 Å². The van der Waals surface area contributed by atoms with Gasteiger partial charge in [-0.3, -0.25) is 4.98 Å². The van der Waals surface area contributed by atoms with E-state index in [4.69, 9.17) is 17.0 Å². The van der Waals surface area contributed by atoms with Crippen LogP contribution in [0.2, 0.25) is 0 Å². The van der Waals surface area contributed by atoms with Gasteiger partial charge >= 0.3 is 0 Å². The Kier molecular flexibility index (Phi) is 5.94. The summed E-state index contributed by atoms with van der Waals surface area (Å²) in [4.78, 5) is 8.93. The van der Waals surface area contributed by atoms with Gasteiger partial charge in [0.15, 0.2) is 5.11 Å². The summed E-state index contributed by atoms with van der Waals surface area (Å²) in [7, 11) is 5.77. The maximum Gasteiger partial charge on any atom is 0.174 e. The number of ether oxygens (including phenoxy) is 1. The van der Waals surface area contributed by atoms with Crippen LogP contribution >= 0.6 is 12.2 Å². The molecule has 2 aromatic heterocycles. The molecule has 2 aromatic carbocycles. The molecular formula is C27H27N5OS. The summed E-state index contributed by atoms with van der Waals surface area (Å²) in [6.07, 6.45) is 3.93. The lowest BCUT2D eigenvalue weighted by molar-refractivity contribution is 0.415. The van der Waals surface area contributed by atoms with E-state index in [1.165, 1.54) is 0 Å². The SMILES string of the molecule is COc1ccc(N2C(=S)N[C@@H](c3ccccn3)[C@H]2c2cccn2-c2ccc(N(C)C)cc2)cc1. The van der Waals surface area contributed by atoms with Crippen LogP contribution in [0.15, 0.2) is 91.3 Å². The Bertz CT molecular complexity index is 1270. The minimum absolute atomic E-state index is 0.0979. The van der Waals surface area contributed by atoms with Gasteiger partial charge in [0, 0.05) is 49.2 Å². The van der Waals surface area contributed by atoms with Crippen molar-refractivity contribution in [3.05, 3.63) is 103 Å². The quantitative estimate of drug-likeness (QED) is 0.395. The first kappa shape index (κ1) is 22.0. The normalized spacial score (nSPS) is 17.5. The molecule has 0 unspecified atom stereocenters. The number of aromatic nitrogens is 2. The van der Waals surface area contributed by atoms with Crippen molar-refractivity contribution in [2.75, 3.05) is 31.0 Å². The first-order valence-electron chi connectivity index (χ1n) is 11.2. The highest BCUT2D eigenvalue weighted by Gasteiger charge is 2.42. The minimum Gasteiger partial charge on any atom is -0.497 e. The molecule has 6 nitrogen and oxygen atoms in total. The minimum atomic E-state index is -0.106. The van der Waals surface area contributed by atoms with E-state index in [2.05, 4.69) is 67.3 Å². The van der Waals surface area contributed by atoms with Crippen LogP contribution in [0.25, 0.3) is 5.69 Å². The zero-order valence-electron chi connectivity index (χ0n) is 19.4. The second-order valence-corrected chi connectivity index (χ2v) is 8.80. The summed E-state index contributed by atoms with van der Waals surface area (Å²) in [5, 5.41) is 4.20. The Morgan fingerprint density at radius 3 is 2.29 bits per heavy atom. The van der Waals surface area contributed by atoms with Gasteiger partial charge in [-0.2, -0.15) is 0 Å². The second-order valence-electron chi connectivity index (χ2n) is 8.41. The highest BCUT2D eigenvalue weighted by atomic mass is 32.1. The van der Waals surface area contributed by atoms with Gasteiger partial charge in [0.05, 0.1) is 18.8 Å². The third-order valence-corrected chi connectivity index (χ3v) is 6.49. The molecule has 1 aliphatic heterocycles. The first-order valence-corrected chi connectivity index (χ1v) is 11.6. The van der Waals surface area contributed by atoms with E-state index in [1.807, 2.05) is 62.8 Å². The van der Waals surface area contributed by atoms with Crippen molar-refractivity contribution in [3.63, 3.8) is 0 Å². The highest BCUT2D eigenvalue weighted by Crippen LogP contribution is 2.42. The molecule has 7 heteroatoms. The van der Waals surface area contributed by atoms with Crippen molar-refractivity contribution in [3.8, 4) is 11.4 Å². The number of hydrogen-bond acceptors (Lipinski definition) is 4. The van der Waals surface area contributed by atoms with Crippen molar-refractivity contribution in [2.24, 2.45) is 0 Å². The Hall–Kier alpha value is -3.84. The van der Waals surface area contributed by atoms with E-state index in [0.717, 1.165) is 34.2 Å². The van der Waals surface area contributed by atoms with Crippen LogP contribution in [0.5, 0.6) is 5.75 Å². The smallest absolute Gasteiger partial charge is 0.174 e. The van der Waals surface area contributed by atoms with Gasteiger partial charge in [-0.25, -0.2) is 0 Å². The summed E-state index contributed by atoms with van der Waals surface area (Å²) >= 11 is 5.86. The van der Waals surface area contributed by atoms with E-state index in [1.54, 1.807) is 7.11 Å². The lowest BCUT2D eigenvalue weighted by Gasteiger charge is -2.29. The van der Waals surface area contributed by atoms with Crippen molar-refractivity contribution in [1.82, 2.24) is 14.9 Å². The van der Waals surface area contributed by atoms with Crippen LogP contribution in [-0.2, 0) is 0 Å². The Morgan fingerprint density at radius 2 is 1.65 bits per heavy atom. The second kappa shape index (κ2) is 9.19. The van der Waals surface area contributed by atoms with Gasteiger partial charge in [0.25, 0.3) is 0 Å². The average Bonchev–Trinajstić information content (AvgIpc) is 3.49. The summed E-state index contributed by atoms with van der Waals surface area (Å²) in [6.45, 7) is 0. The van der Waals surface area contributed by atoms with Crippen LogP contribution in [0, 0.1) is 0 Å². The Labute approximate surface area is 205 Å². The molecule has 0 amide bonds. The zero-order chi connectivity index (χ0) is 23.7. The van der Waals surface area contributed by atoms with E-state index >= 15 is 0 Å². The number of nitrogens with one attached hydrogen (secondary N) is 1. The topological polar surface area (TPSA) is 45.6 Å². The number of thiocarbonyl (C=S) groups is 1. The third kappa shape index (κ3) is 3.99. The number of pyridine rings is 1. The van der Waals surface area contributed by atoms with Gasteiger partial charge in [-0.15, -0.1) is 0 Å². The molecule has 0 bridgehead atoms. The van der Waals surface area contributed by atoms with E-state index < -0.39 is 0 Å². The van der Waals surface area contributed by atoms with Gasteiger partial charge in [-0.05, 0) is 85.0 Å². The molecule has 4 aromatic rings. The molecule has 0 spiro atoms. The fourth-order valence-corrected chi connectivity index (χ4v) is 4.80. The van der Waals surface area contributed by atoms with Crippen molar-refractivity contribution in [1.29, 1.82) is 0 Å². The molecule has 34 heavy (non-hydrogen) atoms. The summed E-state index contributed by atoms with van der Waals surface area (Å²) in [6, 6.07) is 26.6. The number of anilines is 2. The zero-order valence-corrected chi connectivity index (χ0v) is 20.2. The Balaban J connectivity index is 1.61. The van der Waals surface area contributed by atoms with Gasteiger partial charge in [0.2, 0.25) is 0 Å². The Morgan fingerprint density at radius 1 is 0.912 bits per heavy atom. The number of rotatable bonds is 6. The number of nitrogens with zero attached hydrogens (tertiary/aromatic N) is 4. The lowest BCUT2D eigenvalue weighted by Crippen LogP contribution is -2.30. The predicted octanol–water partition coefficient (Wildman–Crippen LogP) is 5.12. The van der Waals surface area contributed by atoms with Gasteiger partial charge in [0.1, 0.15) is 11.8 Å². The highest BCUT2D eigenvalue weighted by molar-refractivity contribution is 7.80. The molecule has 0 aliphatic carbocycles. The standard InChI is InChI=1S/C27H27N5OS/c1-30(2)19-9-11-20(12-10-19)31-18-6-8-24(31)26-25(23-7-4-5-17-28-23)29-27(34)32(26)21-13-15-22(33-3)16-14-21/h4-18,25-26H,1-3H3,(H,29,34)/t25-,26+/m0/s1. The summed E-state index contributed by atoms with van der Waals surface area (Å²) in [5.41, 5.74) is 5.32.